The standard InChI is InChI=1S/C20H29N5O3/c1-12-10-23(15-8-6-5-7-9-15)19-21-17-16(24(19)11-12)18(27)25(13(2)14(3)26)20(28)22(17)4/h12-13,15H,5-11H2,1-4H3/t12-,13-/m1/s1. The van der Waals surface area contributed by atoms with Crippen molar-refractivity contribution in [3.63, 3.8) is 0 Å². The summed E-state index contributed by atoms with van der Waals surface area (Å²) in [7, 11) is 1.63. The van der Waals surface area contributed by atoms with Crippen molar-refractivity contribution in [1.82, 2.24) is 18.7 Å². The third kappa shape index (κ3) is 2.81. The van der Waals surface area contributed by atoms with E-state index in [1.165, 1.54) is 30.8 Å². The first-order valence-corrected chi connectivity index (χ1v) is 10.3. The fourth-order valence-corrected chi connectivity index (χ4v) is 4.73. The SMILES string of the molecule is CC(=O)[C@@H](C)n1c(=O)c2c(nc3n2C[C@H](C)CN3C2CCCCC2)n(C)c1=O. The van der Waals surface area contributed by atoms with Crippen molar-refractivity contribution in [1.29, 1.82) is 0 Å². The highest BCUT2D eigenvalue weighted by Gasteiger charge is 2.33. The van der Waals surface area contributed by atoms with Gasteiger partial charge >= 0.3 is 5.69 Å². The minimum absolute atomic E-state index is 0.214. The lowest BCUT2D eigenvalue weighted by atomic mass is 9.93. The van der Waals surface area contributed by atoms with Crippen LogP contribution in [0.25, 0.3) is 11.2 Å². The second kappa shape index (κ2) is 6.90. The van der Waals surface area contributed by atoms with Crippen LogP contribution in [0.5, 0.6) is 0 Å². The van der Waals surface area contributed by atoms with Gasteiger partial charge in [-0.3, -0.25) is 14.2 Å². The number of ketones is 1. The molecule has 2 aromatic heterocycles. The fourth-order valence-electron chi connectivity index (χ4n) is 4.73. The van der Waals surface area contributed by atoms with Crippen molar-refractivity contribution in [2.24, 2.45) is 13.0 Å². The summed E-state index contributed by atoms with van der Waals surface area (Å²) in [6, 6.07) is -0.361. The van der Waals surface area contributed by atoms with Crippen molar-refractivity contribution in [2.45, 2.75) is 71.5 Å². The highest BCUT2D eigenvalue weighted by molar-refractivity contribution is 5.80. The Morgan fingerprint density at radius 1 is 1.14 bits per heavy atom. The molecule has 152 valence electrons. The molecule has 4 rings (SSSR count). The minimum atomic E-state index is -0.794. The average Bonchev–Trinajstić information content (AvgIpc) is 3.06. The van der Waals surface area contributed by atoms with Crippen molar-refractivity contribution in [2.75, 3.05) is 11.4 Å². The third-order valence-electron chi connectivity index (χ3n) is 6.41. The van der Waals surface area contributed by atoms with Crippen LogP contribution in [0.15, 0.2) is 9.59 Å². The molecule has 3 heterocycles. The number of carbonyl (C=O) groups excluding carboxylic acids is 1. The number of hydrogen-bond acceptors (Lipinski definition) is 5. The Bertz CT molecular complexity index is 1040. The zero-order valence-electron chi connectivity index (χ0n) is 17.1. The maximum absolute atomic E-state index is 13.3. The molecule has 2 aromatic rings. The highest BCUT2D eigenvalue weighted by Crippen LogP contribution is 2.33. The first-order chi connectivity index (χ1) is 13.3. The Kier molecular flexibility index (Phi) is 4.67. The maximum Gasteiger partial charge on any atom is 0.333 e. The molecule has 0 amide bonds. The third-order valence-corrected chi connectivity index (χ3v) is 6.41. The summed E-state index contributed by atoms with van der Waals surface area (Å²) in [5, 5.41) is 0. The van der Waals surface area contributed by atoms with Gasteiger partial charge < -0.3 is 9.47 Å². The molecule has 0 bridgehead atoms. The summed E-state index contributed by atoms with van der Waals surface area (Å²) in [6.07, 6.45) is 5.99. The molecule has 28 heavy (non-hydrogen) atoms. The number of imidazole rings is 1. The van der Waals surface area contributed by atoms with E-state index in [-0.39, 0.29) is 5.78 Å². The van der Waals surface area contributed by atoms with Crippen molar-refractivity contribution in [3.8, 4) is 0 Å². The summed E-state index contributed by atoms with van der Waals surface area (Å²) in [4.78, 5) is 45.1. The molecule has 0 aromatic carbocycles. The van der Waals surface area contributed by atoms with E-state index in [2.05, 4.69) is 11.8 Å². The van der Waals surface area contributed by atoms with Gasteiger partial charge in [-0.05, 0) is 32.6 Å². The summed E-state index contributed by atoms with van der Waals surface area (Å²) >= 11 is 0. The lowest BCUT2D eigenvalue weighted by Crippen LogP contribution is -2.46. The second-order valence-electron chi connectivity index (χ2n) is 8.55. The molecule has 1 aliphatic heterocycles. The Hall–Kier alpha value is -2.38. The number of fused-ring (bicyclic) bond motifs is 3. The summed E-state index contributed by atoms with van der Waals surface area (Å²) in [5.74, 6) is 0.955. The number of Topliss-reactive ketones (excluding diaryl/α,β-unsaturated/α-hetero) is 1. The average molecular weight is 387 g/mol. The molecule has 0 unspecified atom stereocenters. The normalized spacial score (nSPS) is 21.7. The Morgan fingerprint density at radius 3 is 2.46 bits per heavy atom. The predicted molar refractivity (Wildman–Crippen MR) is 108 cm³/mol. The first-order valence-electron chi connectivity index (χ1n) is 10.3. The van der Waals surface area contributed by atoms with Gasteiger partial charge in [0.15, 0.2) is 16.9 Å². The van der Waals surface area contributed by atoms with E-state index in [0.717, 1.165) is 29.9 Å². The monoisotopic (exact) mass is 387 g/mol. The van der Waals surface area contributed by atoms with Gasteiger partial charge in [0, 0.05) is 26.2 Å². The van der Waals surface area contributed by atoms with E-state index >= 15 is 0 Å². The van der Waals surface area contributed by atoms with Gasteiger partial charge in [-0.15, -0.1) is 0 Å². The van der Waals surface area contributed by atoms with Crippen LogP contribution in [0.4, 0.5) is 5.95 Å². The summed E-state index contributed by atoms with van der Waals surface area (Å²) in [6.45, 7) is 6.79. The molecule has 1 saturated carbocycles. The molecular weight excluding hydrogens is 358 g/mol. The molecular formula is C20H29N5O3. The van der Waals surface area contributed by atoms with E-state index < -0.39 is 17.3 Å². The fraction of sp³-hybridized carbons (Fsp3) is 0.700. The highest BCUT2D eigenvalue weighted by atomic mass is 16.2. The van der Waals surface area contributed by atoms with Crippen LogP contribution < -0.4 is 16.1 Å². The Labute approximate surface area is 163 Å². The van der Waals surface area contributed by atoms with Gasteiger partial charge in [0.1, 0.15) is 0 Å². The van der Waals surface area contributed by atoms with E-state index in [4.69, 9.17) is 4.98 Å². The van der Waals surface area contributed by atoms with Crippen LogP contribution in [0.3, 0.4) is 0 Å². The molecule has 0 N–H and O–H groups in total. The van der Waals surface area contributed by atoms with Crippen LogP contribution in [-0.4, -0.2) is 37.1 Å². The summed E-state index contributed by atoms with van der Waals surface area (Å²) in [5.41, 5.74) is -0.0744. The number of carbonyl (C=O) groups is 1. The van der Waals surface area contributed by atoms with Crippen LogP contribution in [0.2, 0.25) is 0 Å². The quantitative estimate of drug-likeness (QED) is 0.803. The molecule has 0 spiro atoms. The van der Waals surface area contributed by atoms with Crippen molar-refractivity contribution >= 4 is 22.9 Å². The zero-order chi connectivity index (χ0) is 20.2. The van der Waals surface area contributed by atoms with Gasteiger partial charge in [-0.25, -0.2) is 9.36 Å². The maximum atomic E-state index is 13.3. The smallest absolute Gasteiger partial charge is 0.333 e. The van der Waals surface area contributed by atoms with Gasteiger partial charge in [0.2, 0.25) is 5.95 Å². The molecule has 8 heteroatoms. The molecule has 1 aliphatic carbocycles. The van der Waals surface area contributed by atoms with Gasteiger partial charge in [0.25, 0.3) is 5.56 Å². The Morgan fingerprint density at radius 2 is 1.82 bits per heavy atom. The lowest BCUT2D eigenvalue weighted by molar-refractivity contribution is -0.119. The number of rotatable bonds is 3. The topological polar surface area (TPSA) is 82.1 Å². The molecule has 2 aliphatic rings. The number of anilines is 1. The van der Waals surface area contributed by atoms with E-state index in [0.29, 0.717) is 29.7 Å². The number of aryl methyl sites for hydroxylation is 1. The van der Waals surface area contributed by atoms with Gasteiger partial charge in [-0.1, -0.05) is 26.2 Å². The number of aromatic nitrogens is 4. The Balaban J connectivity index is 1.96. The number of hydrogen-bond donors (Lipinski definition) is 0. The van der Waals surface area contributed by atoms with E-state index in [9.17, 15) is 14.4 Å². The zero-order valence-corrected chi connectivity index (χ0v) is 17.1. The van der Waals surface area contributed by atoms with Gasteiger partial charge in [0.05, 0.1) is 6.04 Å². The predicted octanol–water partition coefficient (Wildman–Crippen LogP) is 1.84. The molecule has 1 fully saturated rings. The van der Waals surface area contributed by atoms with Gasteiger partial charge in [-0.2, -0.15) is 4.98 Å². The second-order valence-corrected chi connectivity index (χ2v) is 8.55. The van der Waals surface area contributed by atoms with Crippen molar-refractivity contribution < 1.29 is 4.79 Å². The minimum Gasteiger partial charge on any atom is -0.339 e. The summed E-state index contributed by atoms with van der Waals surface area (Å²) < 4.78 is 4.46. The first kappa shape index (κ1) is 19.0. The molecule has 8 nitrogen and oxygen atoms in total. The number of nitrogens with zero attached hydrogens (tertiary/aromatic N) is 5. The molecule has 2 atom stereocenters. The molecule has 0 saturated heterocycles. The van der Waals surface area contributed by atoms with E-state index in [1.807, 2.05) is 4.57 Å². The van der Waals surface area contributed by atoms with Crippen molar-refractivity contribution in [3.05, 3.63) is 20.8 Å². The van der Waals surface area contributed by atoms with Crippen LogP contribution >= 0.6 is 0 Å². The largest absolute Gasteiger partial charge is 0.339 e. The van der Waals surface area contributed by atoms with Crippen LogP contribution in [0.1, 0.15) is 58.9 Å². The van der Waals surface area contributed by atoms with Crippen LogP contribution in [0, 0.1) is 5.92 Å². The van der Waals surface area contributed by atoms with E-state index in [1.54, 1.807) is 14.0 Å². The molecule has 0 radical (unpaired) electrons. The lowest BCUT2D eigenvalue weighted by Gasteiger charge is -2.40. The van der Waals surface area contributed by atoms with Crippen LogP contribution in [-0.2, 0) is 18.4 Å².